The molecule has 12 heavy (non-hydrogen) atoms. The Bertz CT molecular complexity index is 276. The van der Waals surface area contributed by atoms with Crippen LogP contribution in [0.25, 0.3) is 0 Å². The maximum Gasteiger partial charge on any atom is 0.310 e. The lowest BCUT2D eigenvalue weighted by Crippen LogP contribution is -2.07. The molecular weight excluding hydrogens is 156 g/mol. The molecule has 1 aromatic rings. The number of aliphatic carboxylic acids is 1. The largest absolute Gasteiger partial charge is 0.508 e. The van der Waals surface area contributed by atoms with Crippen LogP contribution in [-0.2, 0) is 4.79 Å². The van der Waals surface area contributed by atoms with Crippen molar-refractivity contribution in [2.24, 2.45) is 0 Å². The van der Waals surface area contributed by atoms with Gasteiger partial charge in [0, 0.05) is 0 Å². The van der Waals surface area contributed by atoms with Crippen LogP contribution in [0.4, 0.5) is 0 Å². The SMILES string of the molecule is [CH2]C(C(=O)O)c1ccc(O)cc1. The van der Waals surface area contributed by atoms with Gasteiger partial charge in [-0.1, -0.05) is 12.1 Å². The molecular formula is C9H9O3. The van der Waals surface area contributed by atoms with Gasteiger partial charge in [-0.3, -0.25) is 4.79 Å². The fraction of sp³-hybridized carbons (Fsp3) is 0.111. The summed E-state index contributed by atoms with van der Waals surface area (Å²) in [7, 11) is 0. The van der Waals surface area contributed by atoms with Crippen molar-refractivity contribution < 1.29 is 15.0 Å². The highest BCUT2D eigenvalue weighted by Gasteiger charge is 2.12. The maximum atomic E-state index is 10.5. The Kier molecular flexibility index (Phi) is 2.33. The number of aromatic hydroxyl groups is 1. The second-order valence-electron chi connectivity index (χ2n) is 2.48. The summed E-state index contributed by atoms with van der Waals surface area (Å²) in [6.07, 6.45) is 0. The van der Waals surface area contributed by atoms with Gasteiger partial charge in [-0.25, -0.2) is 0 Å². The number of phenols is 1. The maximum absolute atomic E-state index is 10.5. The van der Waals surface area contributed by atoms with Crippen molar-refractivity contribution in [2.75, 3.05) is 0 Å². The number of phenolic OH excluding ortho intramolecular Hbond substituents is 1. The summed E-state index contributed by atoms with van der Waals surface area (Å²) in [5.41, 5.74) is 0.584. The van der Waals surface area contributed by atoms with Gasteiger partial charge in [0.25, 0.3) is 0 Å². The standard InChI is InChI=1S/C9H9O3/c1-6(9(11)12)7-2-4-8(10)5-3-7/h2-6,10H,1H2,(H,11,12). The topological polar surface area (TPSA) is 57.5 Å². The minimum atomic E-state index is -0.972. The summed E-state index contributed by atoms with van der Waals surface area (Å²) in [4.78, 5) is 10.5. The molecule has 63 valence electrons. The summed E-state index contributed by atoms with van der Waals surface area (Å²) < 4.78 is 0. The van der Waals surface area contributed by atoms with Crippen LogP contribution in [0.2, 0.25) is 0 Å². The van der Waals surface area contributed by atoms with Gasteiger partial charge < -0.3 is 10.2 Å². The Morgan fingerprint density at radius 2 is 1.83 bits per heavy atom. The number of carbonyl (C=O) groups is 1. The van der Waals surface area contributed by atoms with E-state index >= 15 is 0 Å². The van der Waals surface area contributed by atoms with Crippen molar-refractivity contribution in [3.05, 3.63) is 36.8 Å². The first-order chi connectivity index (χ1) is 5.61. The predicted molar refractivity (Wildman–Crippen MR) is 43.8 cm³/mol. The zero-order valence-electron chi connectivity index (χ0n) is 6.40. The molecule has 0 heterocycles. The van der Waals surface area contributed by atoms with Crippen LogP contribution in [0.15, 0.2) is 24.3 Å². The van der Waals surface area contributed by atoms with E-state index in [2.05, 4.69) is 6.92 Å². The molecule has 0 saturated carbocycles. The number of carboxylic acids is 1. The van der Waals surface area contributed by atoms with E-state index in [0.29, 0.717) is 5.56 Å². The van der Waals surface area contributed by atoms with E-state index in [0.717, 1.165) is 0 Å². The van der Waals surface area contributed by atoms with Crippen molar-refractivity contribution in [3.8, 4) is 5.75 Å². The minimum absolute atomic E-state index is 0.122. The highest BCUT2D eigenvalue weighted by atomic mass is 16.4. The Labute approximate surface area is 70.3 Å². The Hall–Kier alpha value is -1.51. The quantitative estimate of drug-likeness (QED) is 0.696. The van der Waals surface area contributed by atoms with Crippen molar-refractivity contribution in [1.82, 2.24) is 0 Å². The molecule has 0 bridgehead atoms. The molecule has 0 aliphatic heterocycles. The highest BCUT2D eigenvalue weighted by molar-refractivity contribution is 5.76. The zero-order chi connectivity index (χ0) is 9.14. The van der Waals surface area contributed by atoms with Crippen molar-refractivity contribution in [1.29, 1.82) is 0 Å². The molecule has 0 fully saturated rings. The molecule has 0 aromatic heterocycles. The van der Waals surface area contributed by atoms with Gasteiger partial charge in [-0.2, -0.15) is 0 Å². The van der Waals surface area contributed by atoms with Crippen LogP contribution < -0.4 is 0 Å². The molecule has 3 nitrogen and oxygen atoms in total. The van der Waals surface area contributed by atoms with Crippen molar-refractivity contribution in [3.63, 3.8) is 0 Å². The van der Waals surface area contributed by atoms with E-state index in [1.165, 1.54) is 12.1 Å². The van der Waals surface area contributed by atoms with Gasteiger partial charge in [0.05, 0.1) is 5.92 Å². The normalized spacial score (nSPS) is 12.4. The third kappa shape index (κ3) is 1.75. The molecule has 0 spiro atoms. The molecule has 0 saturated heterocycles. The average Bonchev–Trinajstić information content (AvgIpc) is 2.04. The van der Waals surface area contributed by atoms with Crippen molar-refractivity contribution in [2.45, 2.75) is 5.92 Å². The van der Waals surface area contributed by atoms with Crippen LogP contribution in [0, 0.1) is 6.92 Å². The number of rotatable bonds is 2. The summed E-state index contributed by atoms with van der Waals surface area (Å²) in [5.74, 6) is -1.62. The fourth-order valence-corrected chi connectivity index (χ4v) is 0.849. The van der Waals surface area contributed by atoms with Crippen LogP contribution in [0.1, 0.15) is 11.5 Å². The van der Waals surface area contributed by atoms with Gasteiger partial charge in [-0.05, 0) is 24.6 Å². The molecule has 1 radical (unpaired) electrons. The van der Waals surface area contributed by atoms with E-state index < -0.39 is 11.9 Å². The molecule has 2 N–H and O–H groups in total. The molecule has 0 aliphatic carbocycles. The third-order valence-corrected chi connectivity index (χ3v) is 1.59. The first-order valence-electron chi connectivity index (χ1n) is 3.46. The highest BCUT2D eigenvalue weighted by Crippen LogP contribution is 2.17. The number of hydrogen-bond donors (Lipinski definition) is 2. The third-order valence-electron chi connectivity index (χ3n) is 1.59. The minimum Gasteiger partial charge on any atom is -0.508 e. The fourth-order valence-electron chi connectivity index (χ4n) is 0.849. The molecule has 3 heteroatoms. The van der Waals surface area contributed by atoms with Gasteiger partial charge in [0.2, 0.25) is 0 Å². The molecule has 1 unspecified atom stereocenters. The van der Waals surface area contributed by atoms with Gasteiger partial charge in [0.1, 0.15) is 5.75 Å². The average molecular weight is 165 g/mol. The summed E-state index contributed by atoms with van der Waals surface area (Å²) in [6, 6.07) is 5.97. The monoisotopic (exact) mass is 165 g/mol. The van der Waals surface area contributed by atoms with E-state index in [1.54, 1.807) is 12.1 Å². The summed E-state index contributed by atoms with van der Waals surface area (Å²) in [5, 5.41) is 17.5. The van der Waals surface area contributed by atoms with Gasteiger partial charge in [-0.15, -0.1) is 0 Å². The summed E-state index contributed by atoms with van der Waals surface area (Å²) >= 11 is 0. The molecule has 0 aliphatic rings. The van der Waals surface area contributed by atoms with Crippen LogP contribution >= 0.6 is 0 Å². The second-order valence-corrected chi connectivity index (χ2v) is 2.48. The van der Waals surface area contributed by atoms with Crippen LogP contribution in [0.5, 0.6) is 5.75 Å². The van der Waals surface area contributed by atoms with E-state index in [9.17, 15) is 4.79 Å². The van der Waals surface area contributed by atoms with Crippen molar-refractivity contribution >= 4 is 5.97 Å². The molecule has 1 aromatic carbocycles. The lowest BCUT2D eigenvalue weighted by molar-refractivity contribution is -0.137. The molecule has 1 atom stereocenters. The Balaban J connectivity index is 2.89. The van der Waals surface area contributed by atoms with Gasteiger partial charge >= 0.3 is 5.97 Å². The predicted octanol–water partition coefficient (Wildman–Crippen LogP) is 1.39. The Morgan fingerprint density at radius 3 is 2.25 bits per heavy atom. The smallest absolute Gasteiger partial charge is 0.310 e. The summed E-state index contributed by atoms with van der Waals surface area (Å²) in [6.45, 7) is 3.46. The lowest BCUT2D eigenvalue weighted by Gasteiger charge is -2.05. The lowest BCUT2D eigenvalue weighted by atomic mass is 10.0. The first kappa shape index (κ1) is 8.59. The number of hydrogen-bond acceptors (Lipinski definition) is 2. The number of benzene rings is 1. The van der Waals surface area contributed by atoms with E-state index in [1.807, 2.05) is 0 Å². The van der Waals surface area contributed by atoms with E-state index in [4.69, 9.17) is 10.2 Å². The molecule has 1 rings (SSSR count). The van der Waals surface area contributed by atoms with Crippen LogP contribution in [-0.4, -0.2) is 16.2 Å². The second kappa shape index (κ2) is 3.26. The Morgan fingerprint density at radius 1 is 1.33 bits per heavy atom. The van der Waals surface area contributed by atoms with Gasteiger partial charge in [0.15, 0.2) is 0 Å². The zero-order valence-corrected chi connectivity index (χ0v) is 6.40. The van der Waals surface area contributed by atoms with Crippen LogP contribution in [0.3, 0.4) is 0 Å². The number of carboxylic acid groups (broad SMARTS) is 1. The van der Waals surface area contributed by atoms with E-state index in [-0.39, 0.29) is 5.75 Å². The first-order valence-corrected chi connectivity index (χ1v) is 3.46. The molecule has 0 amide bonds.